The van der Waals surface area contributed by atoms with Crippen molar-refractivity contribution < 1.29 is 14.3 Å². The van der Waals surface area contributed by atoms with Gasteiger partial charge >= 0.3 is 0 Å². The maximum Gasteiger partial charge on any atom is 0.225 e. The third-order valence-corrected chi connectivity index (χ3v) is 4.85. The summed E-state index contributed by atoms with van der Waals surface area (Å²) in [6, 6.07) is 0.202. The van der Waals surface area contributed by atoms with Crippen LogP contribution in [0.1, 0.15) is 38.5 Å². The van der Waals surface area contributed by atoms with Crippen molar-refractivity contribution in [1.29, 1.82) is 0 Å². The van der Waals surface area contributed by atoms with Crippen LogP contribution < -0.4 is 5.73 Å². The SMILES string of the molecule is NC1CCCC(C(=O)N2CCOC(C3CCCO3)C2)C1. The van der Waals surface area contributed by atoms with Crippen molar-refractivity contribution in [2.24, 2.45) is 11.7 Å². The number of nitrogens with zero attached hydrogens (tertiary/aromatic N) is 1. The fraction of sp³-hybridized carbons (Fsp3) is 0.933. The predicted octanol–water partition coefficient (Wildman–Crippen LogP) is 0.910. The fourth-order valence-corrected chi connectivity index (χ4v) is 3.71. The van der Waals surface area contributed by atoms with Crippen LogP contribution in [0.4, 0.5) is 0 Å². The Hall–Kier alpha value is -0.650. The number of rotatable bonds is 2. The van der Waals surface area contributed by atoms with Crippen molar-refractivity contribution in [1.82, 2.24) is 4.90 Å². The van der Waals surface area contributed by atoms with Crippen LogP contribution in [0, 0.1) is 5.92 Å². The molecular weight excluding hydrogens is 256 g/mol. The molecule has 20 heavy (non-hydrogen) atoms. The topological polar surface area (TPSA) is 64.8 Å². The number of carbonyl (C=O) groups is 1. The number of nitrogens with two attached hydrogens (primary N) is 1. The number of ether oxygens (including phenoxy) is 2. The molecule has 2 heterocycles. The number of carbonyl (C=O) groups excluding carboxylic acids is 1. The molecule has 2 N–H and O–H groups in total. The van der Waals surface area contributed by atoms with Gasteiger partial charge in [0, 0.05) is 31.7 Å². The van der Waals surface area contributed by atoms with Crippen LogP contribution in [0.2, 0.25) is 0 Å². The van der Waals surface area contributed by atoms with Crippen LogP contribution >= 0.6 is 0 Å². The summed E-state index contributed by atoms with van der Waals surface area (Å²) in [7, 11) is 0. The van der Waals surface area contributed by atoms with E-state index in [1.807, 2.05) is 4.90 Å². The molecule has 1 aliphatic carbocycles. The average Bonchev–Trinajstić information content (AvgIpc) is 3.01. The smallest absolute Gasteiger partial charge is 0.225 e. The van der Waals surface area contributed by atoms with Gasteiger partial charge in [-0.25, -0.2) is 0 Å². The van der Waals surface area contributed by atoms with Gasteiger partial charge in [-0.05, 0) is 32.1 Å². The fourth-order valence-electron chi connectivity index (χ4n) is 3.71. The van der Waals surface area contributed by atoms with Gasteiger partial charge in [-0.1, -0.05) is 6.42 Å². The second-order valence-electron chi connectivity index (χ2n) is 6.37. The van der Waals surface area contributed by atoms with Crippen LogP contribution in [0.25, 0.3) is 0 Å². The summed E-state index contributed by atoms with van der Waals surface area (Å²) in [5.41, 5.74) is 6.00. The monoisotopic (exact) mass is 282 g/mol. The normalized spacial score (nSPS) is 39.0. The molecule has 1 saturated carbocycles. The molecule has 114 valence electrons. The number of hydrogen-bond acceptors (Lipinski definition) is 4. The summed E-state index contributed by atoms with van der Waals surface area (Å²) in [6.45, 7) is 2.87. The molecule has 2 aliphatic heterocycles. The summed E-state index contributed by atoms with van der Waals surface area (Å²) >= 11 is 0. The molecule has 0 aromatic carbocycles. The Labute approximate surface area is 120 Å². The third kappa shape index (κ3) is 3.15. The Morgan fingerprint density at radius 2 is 1.90 bits per heavy atom. The van der Waals surface area contributed by atoms with Crippen molar-refractivity contribution in [3.05, 3.63) is 0 Å². The van der Waals surface area contributed by atoms with E-state index in [4.69, 9.17) is 15.2 Å². The largest absolute Gasteiger partial charge is 0.375 e. The summed E-state index contributed by atoms with van der Waals surface area (Å²) in [6.07, 6.45) is 6.39. The summed E-state index contributed by atoms with van der Waals surface area (Å²) in [5.74, 6) is 0.411. The van der Waals surface area contributed by atoms with Crippen LogP contribution in [0.15, 0.2) is 0 Å². The van der Waals surface area contributed by atoms with Gasteiger partial charge in [0.25, 0.3) is 0 Å². The molecule has 2 saturated heterocycles. The average molecular weight is 282 g/mol. The molecule has 4 unspecified atom stereocenters. The van der Waals surface area contributed by atoms with Gasteiger partial charge in [-0.15, -0.1) is 0 Å². The molecule has 0 bridgehead atoms. The quantitative estimate of drug-likeness (QED) is 0.817. The standard InChI is InChI=1S/C15H26N2O3/c16-12-4-1-3-11(9-12)15(18)17-6-8-20-14(10-17)13-5-2-7-19-13/h11-14H,1-10,16H2. The van der Waals surface area contributed by atoms with Gasteiger partial charge < -0.3 is 20.1 Å². The molecule has 3 rings (SSSR count). The highest BCUT2D eigenvalue weighted by Gasteiger charge is 2.35. The number of hydrogen-bond donors (Lipinski definition) is 1. The predicted molar refractivity (Wildman–Crippen MR) is 75.2 cm³/mol. The van der Waals surface area contributed by atoms with Crippen molar-refractivity contribution in [2.45, 2.75) is 56.8 Å². The van der Waals surface area contributed by atoms with E-state index < -0.39 is 0 Å². The van der Waals surface area contributed by atoms with Crippen LogP contribution in [-0.4, -0.2) is 55.4 Å². The van der Waals surface area contributed by atoms with E-state index in [0.29, 0.717) is 19.7 Å². The van der Waals surface area contributed by atoms with E-state index in [9.17, 15) is 4.79 Å². The molecular formula is C15H26N2O3. The highest BCUT2D eigenvalue weighted by molar-refractivity contribution is 5.79. The minimum absolute atomic E-state index is 0.0625. The maximum absolute atomic E-state index is 12.6. The summed E-state index contributed by atoms with van der Waals surface area (Å²) < 4.78 is 11.5. The molecule has 0 aromatic rings. The zero-order valence-corrected chi connectivity index (χ0v) is 12.1. The molecule has 5 nitrogen and oxygen atoms in total. The van der Waals surface area contributed by atoms with E-state index in [2.05, 4.69) is 0 Å². The first-order valence-electron chi connectivity index (χ1n) is 8.01. The van der Waals surface area contributed by atoms with Gasteiger partial charge in [-0.3, -0.25) is 4.79 Å². The lowest BCUT2D eigenvalue weighted by Crippen LogP contribution is -2.52. The van der Waals surface area contributed by atoms with Gasteiger partial charge in [0.05, 0.1) is 12.7 Å². The highest BCUT2D eigenvalue weighted by atomic mass is 16.5. The molecule has 3 aliphatic rings. The van der Waals surface area contributed by atoms with Gasteiger partial charge in [0.15, 0.2) is 0 Å². The van der Waals surface area contributed by atoms with E-state index in [1.54, 1.807) is 0 Å². The molecule has 0 spiro atoms. The lowest BCUT2D eigenvalue weighted by Gasteiger charge is -2.38. The third-order valence-electron chi connectivity index (χ3n) is 4.85. The molecule has 0 aromatic heterocycles. The molecule has 5 heteroatoms. The second-order valence-corrected chi connectivity index (χ2v) is 6.37. The van der Waals surface area contributed by atoms with Crippen molar-refractivity contribution in [2.75, 3.05) is 26.3 Å². The van der Waals surface area contributed by atoms with Crippen molar-refractivity contribution >= 4 is 5.91 Å². The van der Waals surface area contributed by atoms with Gasteiger partial charge in [0.2, 0.25) is 5.91 Å². The Morgan fingerprint density at radius 3 is 2.65 bits per heavy atom. The second kappa shape index (κ2) is 6.41. The van der Waals surface area contributed by atoms with Gasteiger partial charge in [0.1, 0.15) is 6.10 Å². The van der Waals surface area contributed by atoms with E-state index in [1.165, 1.54) is 0 Å². The first-order chi connectivity index (χ1) is 9.74. The molecule has 4 atom stereocenters. The first-order valence-corrected chi connectivity index (χ1v) is 8.01. The molecule has 1 amide bonds. The van der Waals surface area contributed by atoms with E-state index in [0.717, 1.165) is 45.1 Å². The lowest BCUT2D eigenvalue weighted by atomic mass is 9.85. The minimum atomic E-state index is 0.0625. The first kappa shape index (κ1) is 14.3. The van der Waals surface area contributed by atoms with Crippen LogP contribution in [0.3, 0.4) is 0 Å². The number of amides is 1. The van der Waals surface area contributed by atoms with Gasteiger partial charge in [-0.2, -0.15) is 0 Å². The molecule has 3 fully saturated rings. The molecule has 0 radical (unpaired) electrons. The summed E-state index contributed by atoms with van der Waals surface area (Å²) in [5, 5.41) is 0. The van der Waals surface area contributed by atoms with E-state index in [-0.39, 0.29) is 30.1 Å². The summed E-state index contributed by atoms with van der Waals surface area (Å²) in [4.78, 5) is 14.6. The number of morpholine rings is 1. The van der Waals surface area contributed by atoms with Crippen LogP contribution in [-0.2, 0) is 14.3 Å². The Balaban J connectivity index is 1.56. The Bertz CT molecular complexity index is 344. The van der Waals surface area contributed by atoms with Crippen LogP contribution in [0.5, 0.6) is 0 Å². The highest BCUT2D eigenvalue weighted by Crippen LogP contribution is 2.27. The zero-order valence-electron chi connectivity index (χ0n) is 12.1. The van der Waals surface area contributed by atoms with Crippen molar-refractivity contribution in [3.63, 3.8) is 0 Å². The zero-order chi connectivity index (χ0) is 13.9. The maximum atomic E-state index is 12.6. The lowest BCUT2D eigenvalue weighted by molar-refractivity contribution is -0.150. The minimum Gasteiger partial charge on any atom is -0.375 e. The van der Waals surface area contributed by atoms with Crippen molar-refractivity contribution in [3.8, 4) is 0 Å². The van der Waals surface area contributed by atoms with E-state index >= 15 is 0 Å². The Kier molecular flexibility index (Phi) is 4.58. The Morgan fingerprint density at radius 1 is 1.05 bits per heavy atom.